The van der Waals surface area contributed by atoms with E-state index >= 15 is 0 Å². The van der Waals surface area contributed by atoms with E-state index in [0.717, 1.165) is 0 Å². The Balaban J connectivity index is 1.65. The standard InChI is InChI=1S/C18H13ClN2O5/c1-10(20-15(22)11-6-8-12(19)9-7-11)18(25)26-21-16(23)13-4-2-3-5-14(13)17(21)24/h2-10H,1H3,(H,20,22). The van der Waals surface area contributed by atoms with Crippen LogP contribution in [0.3, 0.4) is 0 Å². The van der Waals surface area contributed by atoms with Crippen molar-refractivity contribution in [3.63, 3.8) is 0 Å². The topological polar surface area (TPSA) is 92.8 Å². The molecule has 0 bridgehead atoms. The van der Waals surface area contributed by atoms with Crippen molar-refractivity contribution in [3.8, 4) is 0 Å². The number of benzene rings is 2. The SMILES string of the molecule is CC(NC(=O)c1ccc(Cl)cc1)C(=O)ON1C(=O)c2ccccc2C1=O. The van der Waals surface area contributed by atoms with Gasteiger partial charge >= 0.3 is 5.97 Å². The van der Waals surface area contributed by atoms with E-state index in [1.165, 1.54) is 43.3 Å². The van der Waals surface area contributed by atoms with Crippen molar-refractivity contribution < 1.29 is 24.0 Å². The molecule has 0 saturated carbocycles. The molecule has 1 heterocycles. The van der Waals surface area contributed by atoms with Crippen LogP contribution in [-0.2, 0) is 9.63 Å². The molecule has 8 heteroatoms. The second-order valence-corrected chi connectivity index (χ2v) is 6.00. The zero-order valence-electron chi connectivity index (χ0n) is 13.6. The molecular formula is C18H13ClN2O5. The third kappa shape index (κ3) is 3.29. The second-order valence-electron chi connectivity index (χ2n) is 5.56. The van der Waals surface area contributed by atoms with Gasteiger partial charge in [-0.15, -0.1) is 0 Å². The Bertz CT molecular complexity index is 875. The highest BCUT2D eigenvalue weighted by molar-refractivity contribution is 6.30. The van der Waals surface area contributed by atoms with Gasteiger partial charge in [-0.2, -0.15) is 0 Å². The van der Waals surface area contributed by atoms with Gasteiger partial charge in [0.25, 0.3) is 17.7 Å². The third-order valence-corrected chi connectivity index (χ3v) is 4.00. The molecule has 3 amide bonds. The summed E-state index contributed by atoms with van der Waals surface area (Å²) in [5, 5.41) is 3.31. The first-order valence-electron chi connectivity index (χ1n) is 7.64. The van der Waals surface area contributed by atoms with Crippen molar-refractivity contribution in [2.45, 2.75) is 13.0 Å². The highest BCUT2D eigenvalue weighted by Crippen LogP contribution is 2.22. The molecule has 1 N–H and O–H groups in total. The first-order valence-corrected chi connectivity index (χ1v) is 8.02. The van der Waals surface area contributed by atoms with E-state index in [1.54, 1.807) is 12.1 Å². The van der Waals surface area contributed by atoms with Crippen LogP contribution in [0.25, 0.3) is 0 Å². The number of amides is 3. The van der Waals surface area contributed by atoms with E-state index in [1.807, 2.05) is 0 Å². The van der Waals surface area contributed by atoms with Crippen molar-refractivity contribution in [1.29, 1.82) is 0 Å². The Kier molecular flexibility index (Phi) is 4.73. The Morgan fingerprint density at radius 1 is 1.00 bits per heavy atom. The number of nitrogens with zero attached hydrogens (tertiary/aromatic N) is 1. The highest BCUT2D eigenvalue weighted by atomic mass is 35.5. The summed E-state index contributed by atoms with van der Waals surface area (Å²) in [7, 11) is 0. The smallest absolute Gasteiger partial charge is 0.339 e. The zero-order valence-corrected chi connectivity index (χ0v) is 14.3. The monoisotopic (exact) mass is 372 g/mol. The predicted octanol–water partition coefficient (Wildman–Crippen LogP) is 2.21. The minimum Gasteiger partial charge on any atom is -0.339 e. The van der Waals surface area contributed by atoms with Gasteiger partial charge in [-0.1, -0.05) is 28.8 Å². The zero-order chi connectivity index (χ0) is 18.8. The molecule has 1 aliphatic rings. The van der Waals surface area contributed by atoms with Gasteiger partial charge in [-0.25, -0.2) is 4.79 Å². The molecule has 1 aliphatic heterocycles. The number of hydroxylamine groups is 2. The minimum atomic E-state index is -1.08. The van der Waals surface area contributed by atoms with Gasteiger partial charge in [0.15, 0.2) is 0 Å². The molecule has 0 aliphatic carbocycles. The summed E-state index contributed by atoms with van der Waals surface area (Å²) >= 11 is 5.76. The van der Waals surface area contributed by atoms with Crippen LogP contribution < -0.4 is 5.32 Å². The molecule has 0 spiro atoms. The Morgan fingerprint density at radius 2 is 1.54 bits per heavy atom. The molecule has 0 aromatic heterocycles. The summed E-state index contributed by atoms with van der Waals surface area (Å²) in [6.45, 7) is 1.38. The van der Waals surface area contributed by atoms with Gasteiger partial charge in [-0.05, 0) is 43.3 Å². The van der Waals surface area contributed by atoms with Crippen LogP contribution >= 0.6 is 11.6 Å². The van der Waals surface area contributed by atoms with Gasteiger partial charge in [-0.3, -0.25) is 14.4 Å². The van der Waals surface area contributed by atoms with Crippen LogP contribution in [0, 0.1) is 0 Å². The number of carbonyl (C=O) groups is 4. The lowest BCUT2D eigenvalue weighted by atomic mass is 10.1. The molecule has 0 saturated heterocycles. The lowest BCUT2D eigenvalue weighted by Crippen LogP contribution is -2.43. The normalized spacial score (nSPS) is 14.0. The summed E-state index contributed by atoms with van der Waals surface area (Å²) in [5.74, 6) is -2.92. The Labute approximate surface area is 153 Å². The maximum atomic E-state index is 12.2. The number of rotatable bonds is 4. The fourth-order valence-electron chi connectivity index (χ4n) is 2.36. The average Bonchev–Trinajstić information content (AvgIpc) is 2.87. The molecular weight excluding hydrogens is 360 g/mol. The van der Waals surface area contributed by atoms with E-state index in [9.17, 15) is 19.2 Å². The van der Waals surface area contributed by atoms with Crippen molar-refractivity contribution in [2.24, 2.45) is 0 Å². The molecule has 3 rings (SSSR count). The molecule has 0 fully saturated rings. The molecule has 1 unspecified atom stereocenters. The number of hydrogen-bond acceptors (Lipinski definition) is 5. The number of hydrogen-bond donors (Lipinski definition) is 1. The third-order valence-electron chi connectivity index (χ3n) is 3.75. The van der Waals surface area contributed by atoms with E-state index in [-0.39, 0.29) is 11.1 Å². The van der Waals surface area contributed by atoms with Crippen molar-refractivity contribution in [2.75, 3.05) is 0 Å². The average molecular weight is 373 g/mol. The number of carbonyl (C=O) groups excluding carboxylic acids is 4. The van der Waals surface area contributed by atoms with Gasteiger partial charge in [0.2, 0.25) is 0 Å². The largest absolute Gasteiger partial charge is 0.354 e. The summed E-state index contributed by atoms with van der Waals surface area (Å²) in [6.07, 6.45) is 0. The lowest BCUT2D eigenvalue weighted by Gasteiger charge is -2.17. The van der Waals surface area contributed by atoms with Gasteiger partial charge in [0.05, 0.1) is 11.1 Å². The molecule has 7 nitrogen and oxygen atoms in total. The number of fused-ring (bicyclic) bond motifs is 1. The molecule has 0 radical (unpaired) electrons. The molecule has 2 aromatic rings. The Hall–Kier alpha value is -3.19. The maximum absolute atomic E-state index is 12.2. The fraction of sp³-hybridized carbons (Fsp3) is 0.111. The fourth-order valence-corrected chi connectivity index (χ4v) is 2.49. The van der Waals surface area contributed by atoms with E-state index in [4.69, 9.17) is 16.4 Å². The summed E-state index contributed by atoms with van der Waals surface area (Å²) in [6, 6.07) is 11.1. The first kappa shape index (κ1) is 17.6. The maximum Gasteiger partial charge on any atom is 0.354 e. The lowest BCUT2D eigenvalue weighted by molar-refractivity contribution is -0.170. The van der Waals surface area contributed by atoms with Gasteiger partial charge in [0, 0.05) is 10.6 Å². The number of imide groups is 1. The van der Waals surface area contributed by atoms with Crippen molar-refractivity contribution >= 4 is 35.3 Å². The Morgan fingerprint density at radius 3 is 2.08 bits per heavy atom. The molecule has 26 heavy (non-hydrogen) atoms. The molecule has 2 aromatic carbocycles. The van der Waals surface area contributed by atoms with Crippen LogP contribution in [0.2, 0.25) is 5.02 Å². The van der Waals surface area contributed by atoms with E-state index in [2.05, 4.69) is 5.32 Å². The van der Waals surface area contributed by atoms with Gasteiger partial charge in [0.1, 0.15) is 6.04 Å². The van der Waals surface area contributed by atoms with Crippen molar-refractivity contribution in [3.05, 3.63) is 70.2 Å². The minimum absolute atomic E-state index is 0.156. The first-order chi connectivity index (χ1) is 12.4. The summed E-state index contributed by atoms with van der Waals surface area (Å²) in [5.41, 5.74) is 0.612. The van der Waals surface area contributed by atoms with Gasteiger partial charge < -0.3 is 10.2 Å². The molecule has 1 atom stereocenters. The van der Waals surface area contributed by atoms with E-state index < -0.39 is 29.7 Å². The molecule has 132 valence electrons. The number of halogens is 1. The van der Waals surface area contributed by atoms with Crippen LogP contribution in [0.5, 0.6) is 0 Å². The van der Waals surface area contributed by atoms with Crippen molar-refractivity contribution in [1.82, 2.24) is 10.4 Å². The second kappa shape index (κ2) is 6.97. The summed E-state index contributed by atoms with van der Waals surface area (Å²) < 4.78 is 0. The van der Waals surface area contributed by atoms with Crippen LogP contribution in [-0.4, -0.2) is 34.8 Å². The highest BCUT2D eigenvalue weighted by Gasteiger charge is 2.39. The van der Waals surface area contributed by atoms with Crippen LogP contribution in [0.4, 0.5) is 0 Å². The van der Waals surface area contributed by atoms with Crippen LogP contribution in [0.15, 0.2) is 48.5 Å². The summed E-state index contributed by atoms with van der Waals surface area (Å²) in [4.78, 5) is 53.5. The van der Waals surface area contributed by atoms with E-state index in [0.29, 0.717) is 15.6 Å². The quantitative estimate of drug-likeness (QED) is 0.830. The van der Waals surface area contributed by atoms with Crippen LogP contribution in [0.1, 0.15) is 38.0 Å². The number of nitrogens with one attached hydrogen (secondary N) is 1. The predicted molar refractivity (Wildman–Crippen MR) is 91.4 cm³/mol.